The summed E-state index contributed by atoms with van der Waals surface area (Å²) in [6, 6.07) is 9.97. The smallest absolute Gasteiger partial charge is 0.273 e. The third-order valence-corrected chi connectivity index (χ3v) is 3.94. The lowest BCUT2D eigenvalue weighted by Gasteiger charge is -2.18. The second-order valence-corrected chi connectivity index (χ2v) is 5.55. The predicted molar refractivity (Wildman–Crippen MR) is 93.3 cm³/mol. The monoisotopic (exact) mass is 339 g/mol. The van der Waals surface area contributed by atoms with E-state index in [1.54, 1.807) is 36.4 Å². The molecular formula is C19H17NO5. The molecule has 0 N–H and O–H groups in total. The van der Waals surface area contributed by atoms with Crippen LogP contribution in [0.1, 0.15) is 28.4 Å². The number of fused-ring (bicyclic) bond motifs is 1. The van der Waals surface area contributed by atoms with Crippen molar-refractivity contribution in [3.05, 3.63) is 69.3 Å². The van der Waals surface area contributed by atoms with Crippen LogP contribution < -0.4 is 9.47 Å². The first-order valence-corrected chi connectivity index (χ1v) is 7.98. The zero-order valence-electron chi connectivity index (χ0n) is 13.7. The van der Waals surface area contributed by atoms with Crippen molar-refractivity contribution in [2.75, 3.05) is 13.2 Å². The van der Waals surface area contributed by atoms with Gasteiger partial charge in [-0.2, -0.15) is 0 Å². The van der Waals surface area contributed by atoms with E-state index in [9.17, 15) is 14.9 Å². The van der Waals surface area contributed by atoms with Gasteiger partial charge in [-0.25, -0.2) is 0 Å². The Bertz CT molecular complexity index is 857. The molecule has 0 fully saturated rings. The molecule has 0 saturated carbocycles. The van der Waals surface area contributed by atoms with Crippen molar-refractivity contribution in [3.63, 3.8) is 0 Å². The molecule has 0 saturated heterocycles. The largest absolute Gasteiger partial charge is 0.486 e. The van der Waals surface area contributed by atoms with Gasteiger partial charge >= 0.3 is 0 Å². The first-order chi connectivity index (χ1) is 12.1. The van der Waals surface area contributed by atoms with E-state index in [0.29, 0.717) is 47.8 Å². The normalized spacial score (nSPS) is 13.0. The van der Waals surface area contributed by atoms with Crippen LogP contribution in [0.25, 0.3) is 6.08 Å². The molecule has 3 rings (SSSR count). The average molecular weight is 339 g/mol. The molecule has 1 heterocycles. The third kappa shape index (κ3) is 3.68. The maximum absolute atomic E-state index is 12.3. The van der Waals surface area contributed by atoms with Crippen LogP contribution >= 0.6 is 0 Å². The summed E-state index contributed by atoms with van der Waals surface area (Å²) in [6.45, 7) is 2.81. The molecule has 1 aliphatic rings. The molecule has 0 aromatic heterocycles. The van der Waals surface area contributed by atoms with Crippen molar-refractivity contribution >= 4 is 17.5 Å². The van der Waals surface area contributed by atoms with Crippen molar-refractivity contribution in [3.8, 4) is 11.5 Å². The van der Waals surface area contributed by atoms with E-state index in [4.69, 9.17) is 9.47 Å². The number of rotatable bonds is 5. The summed E-state index contributed by atoms with van der Waals surface area (Å²) in [5.41, 5.74) is 1.81. The maximum Gasteiger partial charge on any atom is 0.273 e. The average Bonchev–Trinajstić information content (AvgIpc) is 2.65. The van der Waals surface area contributed by atoms with Gasteiger partial charge in [0.05, 0.1) is 4.92 Å². The number of nitro benzene ring substituents is 1. The van der Waals surface area contributed by atoms with Crippen LogP contribution in [0.5, 0.6) is 11.5 Å². The summed E-state index contributed by atoms with van der Waals surface area (Å²) in [7, 11) is 0. The van der Waals surface area contributed by atoms with Gasteiger partial charge in [-0.05, 0) is 36.3 Å². The summed E-state index contributed by atoms with van der Waals surface area (Å²) < 4.78 is 10.9. The van der Waals surface area contributed by atoms with E-state index in [-0.39, 0.29) is 11.5 Å². The van der Waals surface area contributed by atoms with Gasteiger partial charge < -0.3 is 9.47 Å². The summed E-state index contributed by atoms with van der Waals surface area (Å²) in [6.07, 6.45) is 3.55. The van der Waals surface area contributed by atoms with Crippen molar-refractivity contribution in [1.29, 1.82) is 0 Å². The van der Waals surface area contributed by atoms with Crippen molar-refractivity contribution in [2.45, 2.75) is 13.3 Å². The Labute approximate surface area is 144 Å². The molecule has 128 valence electrons. The lowest BCUT2D eigenvalue weighted by Crippen LogP contribution is -2.15. The Morgan fingerprint density at radius 3 is 2.64 bits per heavy atom. The van der Waals surface area contributed by atoms with E-state index < -0.39 is 4.92 Å². The van der Waals surface area contributed by atoms with E-state index in [1.165, 1.54) is 12.1 Å². The summed E-state index contributed by atoms with van der Waals surface area (Å²) in [5, 5.41) is 11.1. The number of allylic oxidation sites excluding steroid dienone is 1. The predicted octanol–water partition coefficient (Wildman–Crippen LogP) is 3.82. The number of ether oxygens (including phenoxy) is 2. The zero-order valence-corrected chi connectivity index (χ0v) is 13.7. The van der Waals surface area contributed by atoms with Crippen LogP contribution in [0.2, 0.25) is 0 Å². The molecule has 0 atom stereocenters. The maximum atomic E-state index is 12.3. The zero-order chi connectivity index (χ0) is 17.8. The number of benzene rings is 2. The molecule has 2 aromatic rings. The summed E-state index contributed by atoms with van der Waals surface area (Å²) in [4.78, 5) is 23.0. The topological polar surface area (TPSA) is 78.7 Å². The molecule has 0 aliphatic carbocycles. The molecule has 0 bridgehead atoms. The number of ketones is 1. The molecule has 6 nitrogen and oxygen atoms in total. The number of carbonyl (C=O) groups excluding carboxylic acids is 1. The van der Waals surface area contributed by atoms with Crippen LogP contribution in [-0.2, 0) is 6.42 Å². The van der Waals surface area contributed by atoms with Gasteiger partial charge in [-0.3, -0.25) is 14.9 Å². The van der Waals surface area contributed by atoms with Gasteiger partial charge in [0.15, 0.2) is 17.3 Å². The van der Waals surface area contributed by atoms with Gasteiger partial charge in [-0.15, -0.1) is 0 Å². The molecule has 1 aliphatic heterocycles. The van der Waals surface area contributed by atoms with Gasteiger partial charge in [-0.1, -0.05) is 25.1 Å². The Morgan fingerprint density at radius 2 is 1.92 bits per heavy atom. The van der Waals surface area contributed by atoms with E-state index in [1.807, 2.05) is 6.92 Å². The van der Waals surface area contributed by atoms with E-state index in [0.717, 1.165) is 0 Å². The molecule has 2 aromatic carbocycles. The standard InChI is InChI=1S/C19H17NO5/c1-2-14-5-3-13(11-16(14)20(22)23)4-7-17(21)15-6-8-18-19(12-15)25-10-9-24-18/h3-8,11-12H,2,9-10H2,1H3/b7-4+. The highest BCUT2D eigenvalue weighted by Gasteiger charge is 2.14. The van der Waals surface area contributed by atoms with Gasteiger partial charge in [0.1, 0.15) is 13.2 Å². The number of hydrogen-bond donors (Lipinski definition) is 0. The first-order valence-electron chi connectivity index (χ1n) is 7.98. The summed E-state index contributed by atoms with van der Waals surface area (Å²) in [5.74, 6) is 0.963. The Kier molecular flexibility index (Phi) is 4.79. The van der Waals surface area contributed by atoms with Gasteiger partial charge in [0.25, 0.3) is 5.69 Å². The molecule has 0 spiro atoms. The summed E-state index contributed by atoms with van der Waals surface area (Å²) >= 11 is 0. The van der Waals surface area contributed by atoms with Gasteiger partial charge in [0, 0.05) is 17.2 Å². The minimum atomic E-state index is -0.404. The van der Waals surface area contributed by atoms with Crippen molar-refractivity contribution in [2.24, 2.45) is 0 Å². The lowest BCUT2D eigenvalue weighted by molar-refractivity contribution is -0.385. The van der Waals surface area contributed by atoms with Crippen molar-refractivity contribution < 1.29 is 19.2 Å². The number of aryl methyl sites for hydroxylation is 1. The highest BCUT2D eigenvalue weighted by molar-refractivity contribution is 6.07. The molecule has 0 amide bonds. The van der Waals surface area contributed by atoms with Crippen LogP contribution in [0.4, 0.5) is 5.69 Å². The lowest BCUT2D eigenvalue weighted by atomic mass is 10.0. The SMILES string of the molecule is CCc1ccc(/C=C/C(=O)c2ccc3c(c2)OCCO3)cc1[N+](=O)[O-]. The number of carbonyl (C=O) groups is 1. The Hall–Kier alpha value is -3.15. The second kappa shape index (κ2) is 7.17. The number of nitrogens with zero attached hydrogens (tertiary/aromatic N) is 1. The number of hydrogen-bond acceptors (Lipinski definition) is 5. The highest BCUT2D eigenvalue weighted by Crippen LogP contribution is 2.31. The van der Waals surface area contributed by atoms with Crippen molar-refractivity contribution in [1.82, 2.24) is 0 Å². The van der Waals surface area contributed by atoms with Crippen LogP contribution in [0.15, 0.2) is 42.5 Å². The molecule has 6 heteroatoms. The quantitative estimate of drug-likeness (QED) is 0.358. The van der Waals surface area contributed by atoms with E-state index >= 15 is 0 Å². The number of nitro groups is 1. The molecule has 25 heavy (non-hydrogen) atoms. The second-order valence-electron chi connectivity index (χ2n) is 5.55. The fourth-order valence-corrected chi connectivity index (χ4v) is 2.62. The van der Waals surface area contributed by atoms with E-state index in [2.05, 4.69) is 0 Å². The van der Waals surface area contributed by atoms with Crippen LogP contribution in [0, 0.1) is 10.1 Å². The van der Waals surface area contributed by atoms with Gasteiger partial charge in [0.2, 0.25) is 0 Å². The molecule has 0 radical (unpaired) electrons. The Balaban J connectivity index is 1.81. The molecular weight excluding hydrogens is 322 g/mol. The fraction of sp³-hybridized carbons (Fsp3) is 0.211. The Morgan fingerprint density at radius 1 is 1.16 bits per heavy atom. The molecule has 0 unspecified atom stereocenters. The highest BCUT2D eigenvalue weighted by atomic mass is 16.6. The third-order valence-electron chi connectivity index (χ3n) is 3.94. The minimum Gasteiger partial charge on any atom is -0.486 e. The van der Waals surface area contributed by atoms with Crippen LogP contribution in [-0.4, -0.2) is 23.9 Å². The minimum absolute atomic E-state index is 0.0661. The first kappa shape index (κ1) is 16.7. The van der Waals surface area contributed by atoms with Crippen LogP contribution in [0.3, 0.4) is 0 Å². The fourth-order valence-electron chi connectivity index (χ4n) is 2.62.